The topological polar surface area (TPSA) is 84.6 Å². The molecule has 3 N–H and O–H groups in total. The van der Waals surface area contributed by atoms with Crippen LogP contribution in [0.15, 0.2) is 54.7 Å². The number of aromatic nitrogens is 3. The van der Waals surface area contributed by atoms with Crippen molar-refractivity contribution in [3.8, 4) is 5.75 Å². The summed E-state index contributed by atoms with van der Waals surface area (Å²) in [5.41, 5.74) is 5.20. The van der Waals surface area contributed by atoms with Gasteiger partial charge in [-0.1, -0.05) is 12.1 Å². The average molecular weight is 573 g/mol. The van der Waals surface area contributed by atoms with E-state index in [4.69, 9.17) is 14.5 Å². The summed E-state index contributed by atoms with van der Waals surface area (Å²) >= 11 is 0. The van der Waals surface area contributed by atoms with Crippen LogP contribution in [-0.4, -0.2) is 90.4 Å². The number of fused-ring (bicyclic) bond motifs is 1. The minimum Gasteiger partial charge on any atom is -0.472 e. The van der Waals surface area contributed by atoms with Gasteiger partial charge in [0.05, 0.1) is 19.2 Å². The van der Waals surface area contributed by atoms with E-state index in [1.807, 2.05) is 36.5 Å². The van der Waals surface area contributed by atoms with Crippen molar-refractivity contribution in [2.24, 2.45) is 0 Å². The second kappa shape index (κ2) is 12.2. The molecule has 0 spiro atoms. The number of nitrogens with one attached hydrogen (secondary N) is 3. The maximum Gasteiger partial charge on any atom is 0.231 e. The highest BCUT2D eigenvalue weighted by Gasteiger charge is 2.27. The van der Waals surface area contributed by atoms with Crippen LogP contribution >= 0.6 is 8.15 Å². The molecule has 2 aromatic heterocycles. The van der Waals surface area contributed by atoms with Crippen LogP contribution in [0.2, 0.25) is 0 Å². The first kappa shape index (κ1) is 27.8. The molecule has 216 valence electrons. The van der Waals surface area contributed by atoms with Crippen LogP contribution in [0.1, 0.15) is 18.4 Å². The Labute approximate surface area is 244 Å². The molecular weight excluding hydrogens is 531 g/mol. The third-order valence-corrected chi connectivity index (χ3v) is 8.71. The molecule has 2 saturated heterocycles. The van der Waals surface area contributed by atoms with Crippen molar-refractivity contribution in [1.82, 2.24) is 24.8 Å². The molecule has 2 aliphatic rings. The maximum atomic E-state index is 6.08. The van der Waals surface area contributed by atoms with Crippen molar-refractivity contribution in [2.75, 3.05) is 75.2 Å². The van der Waals surface area contributed by atoms with Crippen LogP contribution < -0.4 is 20.1 Å². The predicted octanol–water partition coefficient (Wildman–Crippen LogP) is 6.01. The first-order valence-corrected chi connectivity index (χ1v) is 16.7. The van der Waals surface area contributed by atoms with E-state index in [-0.39, 0.29) is 0 Å². The SMILES string of the molecule is Cc1cc(Nc2nc(Nc3ccccc3OP(C)C)c3cc[nH]c3n2)ccc1N1CCC(N2CCN(C)CC2)CC1. The second-order valence-corrected chi connectivity index (χ2v) is 13.2. The van der Waals surface area contributed by atoms with Gasteiger partial charge in [0.15, 0.2) is 0 Å². The third-order valence-electron chi connectivity index (χ3n) is 8.15. The van der Waals surface area contributed by atoms with Gasteiger partial charge in [0.2, 0.25) is 5.95 Å². The van der Waals surface area contributed by atoms with Crippen molar-refractivity contribution < 1.29 is 4.52 Å². The van der Waals surface area contributed by atoms with E-state index in [2.05, 4.69) is 75.8 Å². The Bertz CT molecular complexity index is 1470. The molecular formula is C31H41N8OP. The molecule has 4 heterocycles. The summed E-state index contributed by atoms with van der Waals surface area (Å²) in [4.78, 5) is 20.5. The van der Waals surface area contributed by atoms with Crippen molar-refractivity contribution in [1.29, 1.82) is 0 Å². The summed E-state index contributed by atoms with van der Waals surface area (Å²) in [5, 5.41) is 7.86. The summed E-state index contributed by atoms with van der Waals surface area (Å²) in [5.74, 6) is 2.08. The number of aryl methyl sites for hydroxylation is 1. The molecule has 41 heavy (non-hydrogen) atoms. The van der Waals surface area contributed by atoms with Crippen molar-refractivity contribution in [2.45, 2.75) is 25.8 Å². The van der Waals surface area contributed by atoms with Crippen LogP contribution in [0, 0.1) is 6.92 Å². The second-order valence-electron chi connectivity index (χ2n) is 11.3. The lowest BCUT2D eigenvalue weighted by molar-refractivity contribution is 0.0982. The van der Waals surface area contributed by atoms with E-state index < -0.39 is 8.15 Å². The van der Waals surface area contributed by atoms with Gasteiger partial charge in [-0.3, -0.25) is 4.90 Å². The molecule has 2 aromatic carbocycles. The lowest BCUT2D eigenvalue weighted by atomic mass is 10.0. The van der Waals surface area contributed by atoms with Gasteiger partial charge < -0.3 is 29.9 Å². The fourth-order valence-corrected chi connectivity index (χ4v) is 6.49. The molecule has 0 unspecified atom stereocenters. The Morgan fingerprint density at radius 1 is 0.927 bits per heavy atom. The van der Waals surface area contributed by atoms with E-state index >= 15 is 0 Å². The number of rotatable bonds is 8. The molecule has 6 rings (SSSR count). The minimum absolute atomic E-state index is 0.536. The Kier molecular flexibility index (Phi) is 8.28. The Hall–Kier alpha value is -3.39. The minimum atomic E-state index is -0.549. The number of benzene rings is 2. The fourth-order valence-electron chi connectivity index (χ4n) is 5.94. The monoisotopic (exact) mass is 572 g/mol. The van der Waals surface area contributed by atoms with Gasteiger partial charge in [0.25, 0.3) is 0 Å². The van der Waals surface area contributed by atoms with Gasteiger partial charge >= 0.3 is 0 Å². The van der Waals surface area contributed by atoms with E-state index in [0.717, 1.165) is 47.1 Å². The van der Waals surface area contributed by atoms with Crippen LogP contribution in [0.4, 0.5) is 28.8 Å². The number of hydrogen-bond acceptors (Lipinski definition) is 8. The van der Waals surface area contributed by atoms with Crippen molar-refractivity contribution in [3.63, 3.8) is 0 Å². The molecule has 9 nitrogen and oxygen atoms in total. The van der Waals surface area contributed by atoms with Gasteiger partial charge in [-0.2, -0.15) is 9.97 Å². The first-order chi connectivity index (χ1) is 19.9. The van der Waals surface area contributed by atoms with E-state index in [9.17, 15) is 0 Å². The smallest absolute Gasteiger partial charge is 0.231 e. The Morgan fingerprint density at radius 3 is 2.46 bits per heavy atom. The lowest BCUT2D eigenvalue weighted by Gasteiger charge is -2.43. The van der Waals surface area contributed by atoms with E-state index in [1.54, 1.807) is 0 Å². The molecule has 0 radical (unpaired) electrons. The summed E-state index contributed by atoms with van der Waals surface area (Å²) in [6, 6.07) is 17.3. The Morgan fingerprint density at radius 2 is 1.71 bits per heavy atom. The molecule has 0 aliphatic carbocycles. The van der Waals surface area contributed by atoms with Gasteiger partial charge in [-0.05, 0) is 82.1 Å². The molecule has 2 fully saturated rings. The summed E-state index contributed by atoms with van der Waals surface area (Å²) in [7, 11) is 1.68. The standard InChI is InChI=1S/C31H41N8OP/c1-22-21-23(9-10-27(22)39-15-12-24(13-16-39)38-19-17-37(2)18-20-38)33-31-35-29-25(11-14-32-29)30(36-31)34-26-7-5-6-8-28(26)40-41(3)4/h5-11,14,21,24H,12-13,15-20H2,1-4H3,(H3,32,33,34,35,36). The number of piperidine rings is 1. The predicted molar refractivity (Wildman–Crippen MR) is 172 cm³/mol. The zero-order valence-electron chi connectivity index (χ0n) is 24.5. The number of aromatic amines is 1. The molecule has 2 aliphatic heterocycles. The number of anilines is 5. The number of para-hydroxylation sites is 2. The van der Waals surface area contributed by atoms with Crippen molar-refractivity contribution >= 4 is 48.0 Å². The van der Waals surface area contributed by atoms with Gasteiger partial charge in [0, 0.05) is 62.9 Å². The van der Waals surface area contributed by atoms with Crippen molar-refractivity contribution in [3.05, 3.63) is 60.3 Å². The molecule has 0 bridgehead atoms. The van der Waals surface area contributed by atoms with Crippen LogP contribution in [-0.2, 0) is 0 Å². The van der Waals surface area contributed by atoms with Crippen LogP contribution in [0.25, 0.3) is 11.0 Å². The first-order valence-electron chi connectivity index (χ1n) is 14.5. The van der Waals surface area contributed by atoms with Gasteiger partial charge in [-0.25, -0.2) is 0 Å². The highest BCUT2D eigenvalue weighted by atomic mass is 31.1. The highest BCUT2D eigenvalue weighted by molar-refractivity contribution is 7.51. The average Bonchev–Trinajstić information content (AvgIpc) is 3.44. The summed E-state index contributed by atoms with van der Waals surface area (Å²) in [6.07, 6.45) is 4.35. The fraction of sp³-hybridized carbons (Fsp3) is 0.419. The number of hydrogen-bond donors (Lipinski definition) is 3. The molecule has 0 saturated carbocycles. The molecule has 4 aromatic rings. The molecule has 10 heteroatoms. The van der Waals surface area contributed by atoms with Crippen LogP contribution in [0.5, 0.6) is 5.75 Å². The van der Waals surface area contributed by atoms with Gasteiger partial charge in [-0.15, -0.1) is 0 Å². The third kappa shape index (κ3) is 6.43. The maximum absolute atomic E-state index is 6.08. The van der Waals surface area contributed by atoms with E-state index in [1.165, 1.54) is 50.3 Å². The number of H-pyrrole nitrogens is 1. The lowest BCUT2D eigenvalue weighted by Crippen LogP contribution is -2.52. The Balaban J connectivity index is 1.15. The summed E-state index contributed by atoms with van der Waals surface area (Å²) in [6.45, 7) is 13.4. The highest BCUT2D eigenvalue weighted by Crippen LogP contribution is 2.37. The normalized spacial score (nSPS) is 17.3. The zero-order chi connectivity index (χ0) is 28.3. The van der Waals surface area contributed by atoms with E-state index in [0.29, 0.717) is 12.0 Å². The number of piperazine rings is 1. The quantitative estimate of drug-likeness (QED) is 0.222. The van der Waals surface area contributed by atoms with Crippen LogP contribution in [0.3, 0.4) is 0 Å². The zero-order valence-corrected chi connectivity index (χ0v) is 25.4. The number of likely N-dealkylation sites (N-methyl/N-ethyl adjacent to an activating group) is 1. The van der Waals surface area contributed by atoms with Gasteiger partial charge in [0.1, 0.15) is 17.2 Å². The molecule has 0 amide bonds. The molecule has 0 atom stereocenters. The number of nitrogens with zero attached hydrogens (tertiary/aromatic N) is 5. The summed E-state index contributed by atoms with van der Waals surface area (Å²) < 4.78 is 6.08. The largest absolute Gasteiger partial charge is 0.472 e.